The summed E-state index contributed by atoms with van der Waals surface area (Å²) in [4.78, 5) is 0. The van der Waals surface area contributed by atoms with Gasteiger partial charge >= 0.3 is 0 Å². The number of hydrogen-bond donors (Lipinski definition) is 2. The molecule has 4 heteroatoms. The third kappa shape index (κ3) is 4.85. The Bertz CT molecular complexity index is 297. The van der Waals surface area contributed by atoms with E-state index in [2.05, 4.69) is 5.32 Å². The molecule has 1 atom stereocenters. The summed E-state index contributed by atoms with van der Waals surface area (Å²) in [5, 5.41) is 14.0. The molecule has 0 saturated heterocycles. The summed E-state index contributed by atoms with van der Waals surface area (Å²) in [6, 6.07) is 5.33. The predicted octanol–water partition coefficient (Wildman–Crippen LogP) is 2.51. The molecular formula is C11H15Cl2NO. The van der Waals surface area contributed by atoms with Gasteiger partial charge in [-0.1, -0.05) is 30.1 Å². The molecule has 1 aromatic carbocycles. The molecule has 0 heterocycles. The van der Waals surface area contributed by atoms with Gasteiger partial charge in [0.15, 0.2) is 0 Å². The third-order valence-electron chi connectivity index (χ3n) is 2.02. The highest BCUT2D eigenvalue weighted by atomic mass is 35.5. The molecule has 0 radical (unpaired) electrons. The van der Waals surface area contributed by atoms with Gasteiger partial charge < -0.3 is 10.4 Å². The van der Waals surface area contributed by atoms with E-state index < -0.39 is 6.10 Å². The van der Waals surface area contributed by atoms with Crippen LogP contribution in [0.1, 0.15) is 12.5 Å². The van der Waals surface area contributed by atoms with Gasteiger partial charge in [-0.25, -0.2) is 0 Å². The molecule has 1 unspecified atom stereocenters. The Labute approximate surface area is 100 Å². The van der Waals surface area contributed by atoms with E-state index in [1.807, 2.05) is 19.1 Å². The van der Waals surface area contributed by atoms with Crippen LogP contribution >= 0.6 is 23.2 Å². The van der Waals surface area contributed by atoms with Gasteiger partial charge in [0.1, 0.15) is 0 Å². The highest BCUT2D eigenvalue weighted by molar-refractivity contribution is 6.34. The maximum atomic E-state index is 9.67. The number of nitrogens with one attached hydrogen (secondary N) is 1. The molecule has 0 aliphatic heterocycles. The van der Waals surface area contributed by atoms with Crippen molar-refractivity contribution in [3.05, 3.63) is 33.8 Å². The molecule has 0 aliphatic rings. The number of halogens is 2. The molecule has 0 aromatic heterocycles. The van der Waals surface area contributed by atoms with Crippen LogP contribution in [0.5, 0.6) is 0 Å². The highest BCUT2D eigenvalue weighted by Gasteiger charge is 2.06. The lowest BCUT2D eigenvalue weighted by atomic mass is 10.1. The van der Waals surface area contributed by atoms with E-state index in [1.165, 1.54) is 0 Å². The lowest BCUT2D eigenvalue weighted by Gasteiger charge is -2.11. The number of likely N-dealkylation sites (N-methyl/N-ethyl adjacent to an activating group) is 1. The van der Waals surface area contributed by atoms with Crippen LogP contribution in [-0.4, -0.2) is 24.3 Å². The van der Waals surface area contributed by atoms with Crippen molar-refractivity contribution in [1.82, 2.24) is 5.32 Å². The molecule has 1 aromatic rings. The van der Waals surface area contributed by atoms with Crippen molar-refractivity contribution in [3.63, 3.8) is 0 Å². The Kier molecular flexibility index (Phi) is 5.40. The van der Waals surface area contributed by atoms with Gasteiger partial charge in [-0.15, -0.1) is 0 Å². The minimum Gasteiger partial charge on any atom is -0.391 e. The molecule has 84 valence electrons. The van der Waals surface area contributed by atoms with Crippen LogP contribution in [0.25, 0.3) is 0 Å². The van der Waals surface area contributed by atoms with E-state index in [-0.39, 0.29) is 0 Å². The quantitative estimate of drug-likeness (QED) is 0.839. The Balaban J connectivity index is 2.56. The monoisotopic (exact) mass is 247 g/mol. The molecule has 2 nitrogen and oxygen atoms in total. The molecule has 0 amide bonds. The topological polar surface area (TPSA) is 32.3 Å². The van der Waals surface area contributed by atoms with E-state index in [1.54, 1.807) is 6.07 Å². The molecule has 0 spiro atoms. The molecule has 0 fully saturated rings. The molecular weight excluding hydrogens is 233 g/mol. The van der Waals surface area contributed by atoms with Crippen molar-refractivity contribution in [2.45, 2.75) is 19.4 Å². The van der Waals surface area contributed by atoms with Crippen LogP contribution in [0.15, 0.2) is 18.2 Å². The lowest BCUT2D eigenvalue weighted by molar-refractivity contribution is 0.173. The zero-order valence-electron chi connectivity index (χ0n) is 8.63. The van der Waals surface area contributed by atoms with Crippen LogP contribution in [0, 0.1) is 0 Å². The van der Waals surface area contributed by atoms with E-state index in [0.29, 0.717) is 23.0 Å². The first kappa shape index (κ1) is 12.8. The fourth-order valence-electron chi connectivity index (χ4n) is 1.38. The van der Waals surface area contributed by atoms with E-state index in [4.69, 9.17) is 23.2 Å². The number of aliphatic hydroxyl groups excluding tert-OH is 1. The van der Waals surface area contributed by atoms with E-state index >= 15 is 0 Å². The number of aliphatic hydroxyl groups is 1. The molecule has 0 saturated carbocycles. The predicted molar refractivity (Wildman–Crippen MR) is 64.7 cm³/mol. The Morgan fingerprint density at radius 2 is 1.87 bits per heavy atom. The van der Waals surface area contributed by atoms with Crippen LogP contribution in [-0.2, 0) is 6.42 Å². The van der Waals surface area contributed by atoms with Gasteiger partial charge in [-0.3, -0.25) is 0 Å². The first-order valence-corrected chi connectivity index (χ1v) is 5.71. The van der Waals surface area contributed by atoms with Gasteiger partial charge in [0.25, 0.3) is 0 Å². The number of rotatable bonds is 5. The van der Waals surface area contributed by atoms with E-state index in [0.717, 1.165) is 12.1 Å². The SMILES string of the molecule is CCNCC(O)Cc1cc(Cl)cc(Cl)c1. The van der Waals surface area contributed by atoms with Gasteiger partial charge in [0.2, 0.25) is 0 Å². The lowest BCUT2D eigenvalue weighted by Crippen LogP contribution is -2.28. The van der Waals surface area contributed by atoms with Crippen molar-refractivity contribution in [1.29, 1.82) is 0 Å². The second-order valence-electron chi connectivity index (χ2n) is 3.44. The van der Waals surface area contributed by atoms with Gasteiger partial charge in [0.05, 0.1) is 6.10 Å². The normalized spacial score (nSPS) is 12.8. The van der Waals surface area contributed by atoms with Crippen LogP contribution in [0.3, 0.4) is 0 Å². The standard InChI is InChI=1S/C11H15Cl2NO/c1-2-14-7-11(15)5-8-3-9(12)6-10(13)4-8/h3-4,6,11,14-15H,2,5,7H2,1H3. The largest absolute Gasteiger partial charge is 0.391 e. The zero-order chi connectivity index (χ0) is 11.3. The molecule has 0 bridgehead atoms. The molecule has 15 heavy (non-hydrogen) atoms. The molecule has 2 N–H and O–H groups in total. The van der Waals surface area contributed by atoms with Crippen LogP contribution in [0.4, 0.5) is 0 Å². The zero-order valence-corrected chi connectivity index (χ0v) is 10.1. The average Bonchev–Trinajstić information content (AvgIpc) is 2.13. The summed E-state index contributed by atoms with van der Waals surface area (Å²) in [6.07, 6.45) is 0.160. The fourth-order valence-corrected chi connectivity index (χ4v) is 1.96. The third-order valence-corrected chi connectivity index (χ3v) is 2.46. The first-order chi connectivity index (χ1) is 7.11. The fraction of sp³-hybridized carbons (Fsp3) is 0.455. The van der Waals surface area contributed by atoms with Gasteiger partial charge in [-0.2, -0.15) is 0 Å². The Morgan fingerprint density at radius 1 is 1.27 bits per heavy atom. The average molecular weight is 248 g/mol. The summed E-state index contributed by atoms with van der Waals surface area (Å²) in [7, 11) is 0. The summed E-state index contributed by atoms with van der Waals surface area (Å²) in [6.45, 7) is 3.44. The number of benzene rings is 1. The van der Waals surface area contributed by atoms with Crippen LogP contribution in [0.2, 0.25) is 10.0 Å². The summed E-state index contributed by atoms with van der Waals surface area (Å²) < 4.78 is 0. The van der Waals surface area contributed by atoms with Crippen molar-refractivity contribution < 1.29 is 5.11 Å². The number of hydrogen-bond acceptors (Lipinski definition) is 2. The van der Waals surface area contributed by atoms with Crippen molar-refractivity contribution >= 4 is 23.2 Å². The van der Waals surface area contributed by atoms with Gasteiger partial charge in [0, 0.05) is 16.6 Å². The Morgan fingerprint density at radius 3 is 2.40 bits per heavy atom. The smallest absolute Gasteiger partial charge is 0.0704 e. The van der Waals surface area contributed by atoms with E-state index in [9.17, 15) is 5.11 Å². The highest BCUT2D eigenvalue weighted by Crippen LogP contribution is 2.19. The van der Waals surface area contributed by atoms with Crippen molar-refractivity contribution in [2.75, 3.05) is 13.1 Å². The molecule has 1 rings (SSSR count). The van der Waals surface area contributed by atoms with Crippen LogP contribution < -0.4 is 5.32 Å². The summed E-state index contributed by atoms with van der Waals surface area (Å²) in [5.41, 5.74) is 0.956. The Hall–Kier alpha value is -0.280. The minimum absolute atomic E-state index is 0.403. The van der Waals surface area contributed by atoms with Gasteiger partial charge in [-0.05, 0) is 36.7 Å². The summed E-state index contributed by atoms with van der Waals surface area (Å²) in [5.74, 6) is 0. The van der Waals surface area contributed by atoms with Crippen molar-refractivity contribution in [3.8, 4) is 0 Å². The van der Waals surface area contributed by atoms with Crippen molar-refractivity contribution in [2.24, 2.45) is 0 Å². The maximum absolute atomic E-state index is 9.67. The second kappa shape index (κ2) is 6.33. The molecule has 0 aliphatic carbocycles. The summed E-state index contributed by atoms with van der Waals surface area (Å²) >= 11 is 11.7. The minimum atomic E-state index is -0.403. The second-order valence-corrected chi connectivity index (χ2v) is 4.32. The maximum Gasteiger partial charge on any atom is 0.0704 e. The first-order valence-electron chi connectivity index (χ1n) is 4.95.